The fourth-order valence-electron chi connectivity index (χ4n) is 4.13. The summed E-state index contributed by atoms with van der Waals surface area (Å²) in [6, 6.07) is 0. The number of carbonyl (C=O) groups excluding carboxylic acids is 1. The first kappa shape index (κ1) is 17.5. The molecule has 1 aliphatic heterocycles. The molecule has 0 saturated carbocycles. The van der Waals surface area contributed by atoms with Crippen LogP contribution in [0.1, 0.15) is 43.0 Å². The molecule has 1 saturated heterocycles. The number of hydrogen-bond donors (Lipinski definition) is 0. The van der Waals surface area contributed by atoms with Gasteiger partial charge in [0.05, 0.1) is 17.9 Å². The van der Waals surface area contributed by atoms with Gasteiger partial charge in [-0.1, -0.05) is 0 Å². The van der Waals surface area contributed by atoms with Crippen molar-refractivity contribution in [2.24, 2.45) is 13.0 Å². The van der Waals surface area contributed by atoms with E-state index in [2.05, 4.69) is 4.90 Å². The molecular formula is C19H25N3O3S. The van der Waals surface area contributed by atoms with Crippen molar-refractivity contribution in [2.75, 3.05) is 24.6 Å². The number of aryl methyl sites for hydroxylation is 2. The molecule has 1 aliphatic carbocycles. The highest BCUT2D eigenvalue weighted by atomic mass is 32.1. The maximum atomic E-state index is 13.0. The third-order valence-electron chi connectivity index (χ3n) is 5.57. The van der Waals surface area contributed by atoms with Gasteiger partial charge < -0.3 is 9.64 Å². The summed E-state index contributed by atoms with van der Waals surface area (Å²) in [5.74, 6) is 0.583. The first-order valence-corrected chi connectivity index (χ1v) is 10.3. The van der Waals surface area contributed by atoms with E-state index >= 15 is 0 Å². The summed E-state index contributed by atoms with van der Waals surface area (Å²) >= 11 is 1.69. The Morgan fingerprint density at radius 3 is 2.73 bits per heavy atom. The Hall–Kier alpha value is -1.89. The molecule has 0 N–H and O–H groups in total. The summed E-state index contributed by atoms with van der Waals surface area (Å²) in [5.41, 5.74) is 1.30. The molecule has 0 amide bonds. The van der Waals surface area contributed by atoms with Gasteiger partial charge in [-0.25, -0.2) is 4.98 Å². The molecule has 3 heterocycles. The van der Waals surface area contributed by atoms with Crippen LogP contribution >= 0.6 is 11.3 Å². The van der Waals surface area contributed by atoms with Gasteiger partial charge in [-0.15, -0.1) is 11.3 Å². The molecule has 0 bridgehead atoms. The SMILES string of the molecule is CCOC(=O)C1CCN(c2nc3sc4c(c3c(=O)n2C)CCCC4)CC1. The van der Waals surface area contributed by atoms with E-state index in [9.17, 15) is 9.59 Å². The standard InChI is InChI=1S/C19H25N3O3S/c1-3-25-18(24)12-8-10-22(11-9-12)19-20-16-15(17(23)21(19)2)13-6-4-5-7-14(13)26-16/h12H,3-11H2,1-2H3. The van der Waals surface area contributed by atoms with Crippen LogP contribution in [0.15, 0.2) is 4.79 Å². The molecular weight excluding hydrogens is 350 g/mol. The van der Waals surface area contributed by atoms with Gasteiger partial charge in [-0.3, -0.25) is 14.2 Å². The summed E-state index contributed by atoms with van der Waals surface area (Å²) in [4.78, 5) is 34.2. The zero-order chi connectivity index (χ0) is 18.3. The maximum absolute atomic E-state index is 13.0. The molecule has 0 aromatic carbocycles. The predicted octanol–water partition coefficient (Wildman–Crippen LogP) is 2.65. The second kappa shape index (κ2) is 7.02. The maximum Gasteiger partial charge on any atom is 0.309 e. The topological polar surface area (TPSA) is 64.4 Å². The quantitative estimate of drug-likeness (QED) is 0.772. The molecule has 140 valence electrons. The lowest BCUT2D eigenvalue weighted by atomic mass is 9.97. The highest BCUT2D eigenvalue weighted by molar-refractivity contribution is 7.18. The van der Waals surface area contributed by atoms with Crippen LogP contribution in [0.25, 0.3) is 10.2 Å². The molecule has 2 aromatic heterocycles. The van der Waals surface area contributed by atoms with Gasteiger partial charge in [-0.2, -0.15) is 0 Å². The molecule has 6 nitrogen and oxygen atoms in total. The summed E-state index contributed by atoms with van der Waals surface area (Å²) in [6.07, 6.45) is 5.91. The highest BCUT2D eigenvalue weighted by Crippen LogP contribution is 2.34. The molecule has 0 spiro atoms. The molecule has 0 atom stereocenters. The molecule has 0 radical (unpaired) electrons. The van der Waals surface area contributed by atoms with Crippen molar-refractivity contribution < 1.29 is 9.53 Å². The Balaban J connectivity index is 1.63. The molecule has 0 unspecified atom stereocenters. The summed E-state index contributed by atoms with van der Waals surface area (Å²) in [7, 11) is 1.81. The van der Waals surface area contributed by atoms with Gasteiger partial charge in [0.2, 0.25) is 5.95 Å². The lowest BCUT2D eigenvalue weighted by Crippen LogP contribution is -2.40. The molecule has 26 heavy (non-hydrogen) atoms. The minimum atomic E-state index is -0.101. The number of carbonyl (C=O) groups is 1. The first-order valence-electron chi connectivity index (χ1n) is 9.53. The van der Waals surface area contributed by atoms with Crippen LogP contribution < -0.4 is 10.5 Å². The average Bonchev–Trinajstić information content (AvgIpc) is 3.03. The lowest BCUT2D eigenvalue weighted by molar-refractivity contribution is -0.148. The van der Waals surface area contributed by atoms with E-state index in [1.54, 1.807) is 15.9 Å². The molecule has 1 fully saturated rings. The summed E-state index contributed by atoms with van der Waals surface area (Å²) < 4.78 is 6.83. The van der Waals surface area contributed by atoms with Gasteiger partial charge in [0, 0.05) is 25.0 Å². The molecule has 7 heteroatoms. The Bertz CT molecular complexity index is 894. The third-order valence-corrected chi connectivity index (χ3v) is 6.76. The number of esters is 1. The fourth-order valence-corrected chi connectivity index (χ4v) is 5.38. The van der Waals surface area contributed by atoms with Gasteiger partial charge in [0.15, 0.2) is 0 Å². The van der Waals surface area contributed by atoms with Crippen molar-refractivity contribution in [2.45, 2.75) is 45.4 Å². The molecule has 4 rings (SSSR count). The normalized spacial score (nSPS) is 18.2. The van der Waals surface area contributed by atoms with Gasteiger partial charge >= 0.3 is 5.97 Å². The number of anilines is 1. The zero-order valence-corrected chi connectivity index (χ0v) is 16.2. The van der Waals surface area contributed by atoms with Crippen molar-refractivity contribution in [3.05, 3.63) is 20.8 Å². The monoisotopic (exact) mass is 375 g/mol. The van der Waals surface area contributed by atoms with Gasteiger partial charge in [-0.05, 0) is 51.0 Å². The van der Waals surface area contributed by atoms with E-state index in [1.807, 2.05) is 14.0 Å². The van der Waals surface area contributed by atoms with E-state index in [0.29, 0.717) is 6.61 Å². The second-order valence-electron chi connectivity index (χ2n) is 7.18. The van der Waals surface area contributed by atoms with Crippen LogP contribution in [0.5, 0.6) is 0 Å². The highest BCUT2D eigenvalue weighted by Gasteiger charge is 2.29. The van der Waals surface area contributed by atoms with Crippen LogP contribution in [-0.2, 0) is 29.4 Å². The van der Waals surface area contributed by atoms with Gasteiger partial charge in [0.25, 0.3) is 5.56 Å². The largest absolute Gasteiger partial charge is 0.466 e. The lowest BCUT2D eigenvalue weighted by Gasteiger charge is -2.32. The number of ether oxygens (including phenoxy) is 1. The second-order valence-corrected chi connectivity index (χ2v) is 8.26. The average molecular weight is 375 g/mol. The third kappa shape index (κ3) is 2.92. The van der Waals surface area contributed by atoms with E-state index in [0.717, 1.165) is 61.4 Å². The van der Waals surface area contributed by atoms with Crippen molar-refractivity contribution in [3.63, 3.8) is 0 Å². The smallest absolute Gasteiger partial charge is 0.309 e. The predicted molar refractivity (Wildman–Crippen MR) is 103 cm³/mol. The van der Waals surface area contributed by atoms with Crippen molar-refractivity contribution in [1.82, 2.24) is 9.55 Å². The summed E-state index contributed by atoms with van der Waals surface area (Å²) in [5, 5.41) is 0.831. The number of aromatic nitrogens is 2. The number of hydrogen-bond acceptors (Lipinski definition) is 6. The number of rotatable bonds is 3. The number of nitrogens with zero attached hydrogens (tertiary/aromatic N) is 3. The van der Waals surface area contributed by atoms with E-state index in [-0.39, 0.29) is 17.4 Å². The number of fused-ring (bicyclic) bond motifs is 3. The summed E-state index contributed by atoms with van der Waals surface area (Å²) in [6.45, 7) is 3.71. The zero-order valence-electron chi connectivity index (χ0n) is 15.4. The number of thiophene rings is 1. The van der Waals surface area contributed by atoms with Crippen LogP contribution in [-0.4, -0.2) is 35.2 Å². The van der Waals surface area contributed by atoms with E-state index in [4.69, 9.17) is 9.72 Å². The van der Waals surface area contributed by atoms with Crippen LogP contribution in [0, 0.1) is 5.92 Å². The first-order chi connectivity index (χ1) is 12.6. The van der Waals surface area contributed by atoms with Crippen molar-refractivity contribution in [1.29, 1.82) is 0 Å². The van der Waals surface area contributed by atoms with E-state index in [1.165, 1.54) is 16.9 Å². The minimum Gasteiger partial charge on any atom is -0.466 e. The Labute approximate surface area is 156 Å². The fraction of sp³-hybridized carbons (Fsp3) is 0.632. The Morgan fingerprint density at radius 1 is 1.27 bits per heavy atom. The number of piperidine rings is 1. The van der Waals surface area contributed by atoms with Crippen LogP contribution in [0.3, 0.4) is 0 Å². The minimum absolute atomic E-state index is 0.0407. The van der Waals surface area contributed by atoms with Gasteiger partial charge in [0.1, 0.15) is 4.83 Å². The molecule has 2 aliphatic rings. The molecule has 2 aromatic rings. The van der Waals surface area contributed by atoms with Crippen molar-refractivity contribution in [3.8, 4) is 0 Å². The van der Waals surface area contributed by atoms with Crippen LogP contribution in [0.2, 0.25) is 0 Å². The van der Waals surface area contributed by atoms with E-state index < -0.39 is 0 Å². The van der Waals surface area contributed by atoms with Crippen LogP contribution in [0.4, 0.5) is 5.95 Å². The van der Waals surface area contributed by atoms with Crippen molar-refractivity contribution >= 4 is 33.5 Å². The Kier molecular flexibility index (Phi) is 4.73. The Morgan fingerprint density at radius 2 is 2.00 bits per heavy atom.